The molecule has 6 heteroatoms. The first-order valence-electron chi connectivity index (χ1n) is 8.50. The standard InChI is InChI=1S/C19H26O6/c1-9(20)14-16(23-6)11-8-13(18(2,3)22)24-15(11)10-7-12(21)19(4,5)25-17(10)14/h12-13,21-22H,7-8H2,1-6H3. The van der Waals surface area contributed by atoms with Crippen LogP contribution in [0.25, 0.3) is 0 Å². The van der Waals surface area contributed by atoms with Crippen molar-refractivity contribution in [3.05, 3.63) is 16.7 Å². The smallest absolute Gasteiger partial charge is 0.167 e. The van der Waals surface area contributed by atoms with Gasteiger partial charge in [0.2, 0.25) is 0 Å². The molecule has 0 saturated heterocycles. The third-order valence-electron chi connectivity index (χ3n) is 5.11. The molecule has 138 valence electrons. The predicted molar refractivity (Wildman–Crippen MR) is 91.8 cm³/mol. The Morgan fingerprint density at radius 1 is 1.24 bits per heavy atom. The van der Waals surface area contributed by atoms with Gasteiger partial charge in [-0.1, -0.05) is 0 Å². The van der Waals surface area contributed by atoms with Crippen LogP contribution in [0.3, 0.4) is 0 Å². The van der Waals surface area contributed by atoms with Crippen molar-refractivity contribution in [2.45, 2.75) is 70.9 Å². The van der Waals surface area contributed by atoms with Crippen molar-refractivity contribution in [1.82, 2.24) is 0 Å². The number of hydrogen-bond donors (Lipinski definition) is 2. The minimum Gasteiger partial charge on any atom is -0.495 e. The summed E-state index contributed by atoms with van der Waals surface area (Å²) in [6.07, 6.45) is -0.459. The summed E-state index contributed by atoms with van der Waals surface area (Å²) in [5.74, 6) is 1.23. The molecule has 0 amide bonds. The maximum absolute atomic E-state index is 12.4. The van der Waals surface area contributed by atoms with E-state index < -0.39 is 23.4 Å². The van der Waals surface area contributed by atoms with Crippen molar-refractivity contribution in [2.75, 3.05) is 7.11 Å². The Morgan fingerprint density at radius 2 is 1.88 bits per heavy atom. The van der Waals surface area contributed by atoms with Gasteiger partial charge in [0.05, 0.1) is 18.8 Å². The minimum absolute atomic E-state index is 0.171. The van der Waals surface area contributed by atoms with Gasteiger partial charge in [0.1, 0.15) is 34.5 Å². The van der Waals surface area contributed by atoms with Gasteiger partial charge in [-0.25, -0.2) is 0 Å². The second kappa shape index (κ2) is 5.61. The third-order valence-corrected chi connectivity index (χ3v) is 5.11. The number of rotatable bonds is 3. The fourth-order valence-electron chi connectivity index (χ4n) is 3.50. The molecule has 2 heterocycles. The Hall–Kier alpha value is -1.79. The number of methoxy groups -OCH3 is 1. The van der Waals surface area contributed by atoms with Gasteiger partial charge in [0, 0.05) is 24.0 Å². The molecule has 2 aliphatic rings. The van der Waals surface area contributed by atoms with Crippen molar-refractivity contribution in [1.29, 1.82) is 0 Å². The Morgan fingerprint density at radius 3 is 2.40 bits per heavy atom. The summed E-state index contributed by atoms with van der Waals surface area (Å²) < 4.78 is 17.6. The van der Waals surface area contributed by atoms with Crippen LogP contribution < -0.4 is 14.2 Å². The number of hydrogen-bond acceptors (Lipinski definition) is 6. The van der Waals surface area contributed by atoms with Crippen LogP contribution >= 0.6 is 0 Å². The number of ketones is 1. The molecule has 0 aliphatic carbocycles. The summed E-state index contributed by atoms with van der Waals surface area (Å²) in [5.41, 5.74) is -0.101. The molecule has 6 nitrogen and oxygen atoms in total. The second-order valence-electron chi connectivity index (χ2n) is 7.97. The zero-order valence-corrected chi connectivity index (χ0v) is 15.6. The number of aliphatic hydroxyl groups is 2. The minimum atomic E-state index is -1.05. The van der Waals surface area contributed by atoms with Gasteiger partial charge < -0.3 is 24.4 Å². The monoisotopic (exact) mass is 350 g/mol. The quantitative estimate of drug-likeness (QED) is 0.812. The first-order valence-corrected chi connectivity index (χ1v) is 8.50. The lowest BCUT2D eigenvalue weighted by molar-refractivity contribution is -0.0446. The molecule has 1 aromatic carbocycles. The maximum Gasteiger partial charge on any atom is 0.167 e. The molecular formula is C19H26O6. The zero-order chi connectivity index (χ0) is 18.7. The van der Waals surface area contributed by atoms with Crippen LogP contribution in [-0.2, 0) is 12.8 Å². The van der Waals surface area contributed by atoms with Gasteiger partial charge in [-0.3, -0.25) is 4.79 Å². The molecular weight excluding hydrogens is 324 g/mol. The van der Waals surface area contributed by atoms with Crippen LogP contribution in [-0.4, -0.2) is 46.5 Å². The number of fused-ring (bicyclic) bond motifs is 3. The number of ether oxygens (including phenoxy) is 3. The van der Waals surface area contributed by atoms with E-state index in [-0.39, 0.29) is 5.78 Å². The molecule has 0 radical (unpaired) electrons. The average Bonchev–Trinajstić information content (AvgIpc) is 2.92. The summed E-state index contributed by atoms with van der Waals surface area (Å²) in [6.45, 7) is 8.40. The summed E-state index contributed by atoms with van der Waals surface area (Å²) in [7, 11) is 1.51. The number of aliphatic hydroxyl groups excluding tert-OH is 1. The van der Waals surface area contributed by atoms with Crippen LogP contribution in [0.2, 0.25) is 0 Å². The molecule has 0 saturated carbocycles. The largest absolute Gasteiger partial charge is 0.495 e. The lowest BCUT2D eigenvalue weighted by Gasteiger charge is -2.38. The second-order valence-corrected chi connectivity index (χ2v) is 7.97. The van der Waals surface area contributed by atoms with E-state index in [1.807, 2.05) is 0 Å². The van der Waals surface area contributed by atoms with E-state index in [9.17, 15) is 15.0 Å². The fraction of sp³-hybridized carbons (Fsp3) is 0.632. The van der Waals surface area contributed by atoms with E-state index in [2.05, 4.69) is 0 Å². The fourth-order valence-corrected chi connectivity index (χ4v) is 3.50. The van der Waals surface area contributed by atoms with E-state index in [1.165, 1.54) is 14.0 Å². The van der Waals surface area contributed by atoms with E-state index >= 15 is 0 Å². The normalized spacial score (nSPS) is 24.0. The highest BCUT2D eigenvalue weighted by molar-refractivity contribution is 6.01. The number of carbonyl (C=O) groups is 1. The molecule has 1 aromatic rings. The lowest BCUT2D eigenvalue weighted by atomic mass is 9.86. The molecule has 2 aliphatic heterocycles. The van der Waals surface area contributed by atoms with Gasteiger partial charge >= 0.3 is 0 Å². The van der Waals surface area contributed by atoms with Crippen LogP contribution in [0.5, 0.6) is 17.2 Å². The summed E-state index contributed by atoms with van der Waals surface area (Å²) in [5, 5.41) is 20.8. The maximum atomic E-state index is 12.4. The van der Waals surface area contributed by atoms with Crippen molar-refractivity contribution < 1.29 is 29.2 Å². The molecule has 0 fully saturated rings. The van der Waals surface area contributed by atoms with E-state index in [0.717, 1.165) is 5.56 Å². The zero-order valence-electron chi connectivity index (χ0n) is 15.6. The highest BCUT2D eigenvalue weighted by Gasteiger charge is 2.45. The van der Waals surface area contributed by atoms with Crippen molar-refractivity contribution in [2.24, 2.45) is 0 Å². The van der Waals surface area contributed by atoms with Crippen molar-refractivity contribution >= 4 is 5.78 Å². The summed E-state index contributed by atoms with van der Waals surface area (Å²) in [6, 6.07) is 0. The first kappa shape index (κ1) is 18.0. The van der Waals surface area contributed by atoms with Crippen LogP contribution in [0, 0.1) is 0 Å². The third kappa shape index (κ3) is 2.77. The topological polar surface area (TPSA) is 85.2 Å². The Labute approximate surface area is 147 Å². The van der Waals surface area contributed by atoms with Crippen LogP contribution in [0.4, 0.5) is 0 Å². The first-order chi connectivity index (χ1) is 11.5. The van der Waals surface area contributed by atoms with Crippen LogP contribution in [0.1, 0.15) is 56.1 Å². The van der Waals surface area contributed by atoms with Crippen molar-refractivity contribution in [3.63, 3.8) is 0 Å². The predicted octanol–water partition coefficient (Wildman–Crippen LogP) is 2.05. The molecule has 2 unspecified atom stereocenters. The highest BCUT2D eigenvalue weighted by atomic mass is 16.5. The van der Waals surface area contributed by atoms with Gasteiger partial charge in [-0.2, -0.15) is 0 Å². The van der Waals surface area contributed by atoms with Crippen LogP contribution in [0.15, 0.2) is 0 Å². The van der Waals surface area contributed by atoms with Crippen molar-refractivity contribution in [3.8, 4) is 17.2 Å². The molecule has 2 N–H and O–H groups in total. The Kier molecular flexibility index (Phi) is 4.04. The van der Waals surface area contributed by atoms with Gasteiger partial charge in [-0.15, -0.1) is 0 Å². The average molecular weight is 350 g/mol. The highest BCUT2D eigenvalue weighted by Crippen LogP contribution is 2.52. The van der Waals surface area contributed by atoms with Gasteiger partial charge in [-0.05, 0) is 34.6 Å². The molecule has 0 bridgehead atoms. The Balaban J connectivity index is 2.26. The summed E-state index contributed by atoms with van der Waals surface area (Å²) >= 11 is 0. The van der Waals surface area contributed by atoms with Gasteiger partial charge in [0.25, 0.3) is 0 Å². The molecule has 3 rings (SSSR count). The van der Waals surface area contributed by atoms with E-state index in [4.69, 9.17) is 14.2 Å². The molecule has 2 atom stereocenters. The molecule has 0 aromatic heterocycles. The SMILES string of the molecule is COc1c2c(c3c(c1C(C)=O)OC(C)(C)C(O)C3)OC(C(C)(C)O)C2. The molecule has 0 spiro atoms. The van der Waals surface area contributed by atoms with E-state index in [1.54, 1.807) is 27.7 Å². The Bertz CT molecular complexity index is 729. The van der Waals surface area contributed by atoms with Gasteiger partial charge in [0.15, 0.2) is 5.78 Å². The number of Topliss-reactive ketones (excluding diaryl/α,β-unsaturated/α-hetero) is 1. The van der Waals surface area contributed by atoms with E-state index in [0.29, 0.717) is 41.2 Å². The number of benzene rings is 1. The summed E-state index contributed by atoms with van der Waals surface area (Å²) in [4.78, 5) is 12.4. The molecule has 25 heavy (non-hydrogen) atoms. The number of carbonyl (C=O) groups excluding carboxylic acids is 1. The lowest BCUT2D eigenvalue weighted by Crippen LogP contribution is -2.47.